The van der Waals surface area contributed by atoms with E-state index in [2.05, 4.69) is 10.3 Å². The van der Waals surface area contributed by atoms with E-state index in [-0.39, 0.29) is 17.5 Å². The highest BCUT2D eigenvalue weighted by atomic mass is 16.4. The first-order valence-corrected chi connectivity index (χ1v) is 6.16. The number of aliphatic carboxylic acids is 1. The largest absolute Gasteiger partial charge is 0.481 e. The molecule has 19 heavy (non-hydrogen) atoms. The predicted molar refractivity (Wildman–Crippen MR) is 70.2 cm³/mol. The van der Waals surface area contributed by atoms with Gasteiger partial charge in [0, 0.05) is 23.9 Å². The Balaban J connectivity index is 2.80. The van der Waals surface area contributed by atoms with Crippen LogP contribution >= 0.6 is 0 Å². The van der Waals surface area contributed by atoms with Gasteiger partial charge in [0.15, 0.2) is 5.43 Å². The number of carbonyl (C=O) groups excluding carboxylic acids is 1. The summed E-state index contributed by atoms with van der Waals surface area (Å²) in [6, 6.07) is 2.16. The number of carbonyl (C=O) groups is 2. The van der Waals surface area contributed by atoms with Crippen LogP contribution in [0, 0.1) is 6.92 Å². The van der Waals surface area contributed by atoms with Crippen LogP contribution in [0.25, 0.3) is 0 Å². The van der Waals surface area contributed by atoms with Crippen LogP contribution in [0.2, 0.25) is 0 Å². The molecule has 1 heterocycles. The number of aromatic amines is 1. The summed E-state index contributed by atoms with van der Waals surface area (Å²) in [5.41, 5.74) is 0.478. The number of carboxylic acids is 1. The molecule has 6 heteroatoms. The first-order valence-electron chi connectivity index (χ1n) is 6.16. The summed E-state index contributed by atoms with van der Waals surface area (Å²) in [5.74, 6) is -1.42. The van der Waals surface area contributed by atoms with Crippen molar-refractivity contribution in [1.29, 1.82) is 0 Å². The molecule has 1 aromatic heterocycles. The number of aryl methyl sites for hydroxylation is 1. The van der Waals surface area contributed by atoms with E-state index >= 15 is 0 Å². The van der Waals surface area contributed by atoms with E-state index in [0.29, 0.717) is 12.1 Å². The average Bonchev–Trinajstić information content (AvgIpc) is 2.26. The highest BCUT2D eigenvalue weighted by molar-refractivity contribution is 5.92. The summed E-state index contributed by atoms with van der Waals surface area (Å²) in [5, 5.41) is 11.4. The number of hydrogen-bond acceptors (Lipinski definition) is 3. The van der Waals surface area contributed by atoms with Crippen molar-refractivity contribution in [3.8, 4) is 0 Å². The smallest absolute Gasteiger partial charge is 0.305 e. The Hall–Kier alpha value is -2.11. The van der Waals surface area contributed by atoms with Gasteiger partial charge in [0.05, 0.1) is 6.42 Å². The van der Waals surface area contributed by atoms with E-state index in [1.54, 1.807) is 6.92 Å². The van der Waals surface area contributed by atoms with Crippen molar-refractivity contribution >= 4 is 11.9 Å². The quantitative estimate of drug-likeness (QED) is 0.716. The summed E-state index contributed by atoms with van der Waals surface area (Å²) >= 11 is 0. The number of H-pyrrole nitrogens is 1. The fourth-order valence-electron chi connectivity index (χ4n) is 1.85. The SMILES string of the molecule is CCCC(CC(=O)O)NC(=O)c1cc(=O)cc(C)[nH]1. The van der Waals surface area contributed by atoms with Crippen molar-refractivity contribution in [2.75, 3.05) is 0 Å². The number of carboxylic acid groups (broad SMARTS) is 1. The fraction of sp³-hybridized carbons (Fsp3) is 0.462. The molecule has 1 atom stereocenters. The molecule has 6 nitrogen and oxygen atoms in total. The summed E-state index contributed by atoms with van der Waals surface area (Å²) in [6.07, 6.45) is 1.21. The number of amides is 1. The Kier molecular flexibility index (Phi) is 5.29. The third kappa shape index (κ3) is 4.95. The molecule has 1 amide bonds. The minimum absolute atomic E-state index is 0.129. The Morgan fingerprint density at radius 1 is 1.42 bits per heavy atom. The molecule has 0 radical (unpaired) electrons. The lowest BCUT2D eigenvalue weighted by atomic mass is 10.1. The molecule has 0 spiro atoms. The van der Waals surface area contributed by atoms with Crippen LogP contribution in [-0.4, -0.2) is 28.0 Å². The van der Waals surface area contributed by atoms with Crippen molar-refractivity contribution in [1.82, 2.24) is 10.3 Å². The van der Waals surface area contributed by atoms with Crippen molar-refractivity contribution in [3.05, 3.63) is 33.7 Å². The average molecular weight is 266 g/mol. The molecule has 0 saturated heterocycles. The van der Waals surface area contributed by atoms with E-state index in [0.717, 1.165) is 6.42 Å². The van der Waals surface area contributed by atoms with E-state index < -0.39 is 17.9 Å². The summed E-state index contributed by atoms with van der Waals surface area (Å²) in [4.78, 5) is 36.7. The third-order valence-corrected chi connectivity index (χ3v) is 2.62. The second-order valence-electron chi connectivity index (χ2n) is 4.47. The van der Waals surface area contributed by atoms with Crippen molar-refractivity contribution in [2.45, 2.75) is 39.2 Å². The van der Waals surface area contributed by atoms with Crippen LogP contribution in [0.1, 0.15) is 42.4 Å². The predicted octanol–water partition coefficient (Wildman–Crippen LogP) is 1.06. The molecule has 3 N–H and O–H groups in total. The van der Waals surface area contributed by atoms with E-state index in [4.69, 9.17) is 5.11 Å². The standard InChI is InChI=1S/C13H18N2O4/c1-3-4-9(6-12(17)18)15-13(19)11-7-10(16)5-8(2)14-11/h5,7,9H,3-4,6H2,1-2H3,(H,14,16)(H,15,19)(H,17,18). The molecule has 1 rings (SSSR count). The molecule has 1 aromatic rings. The number of aromatic nitrogens is 1. The van der Waals surface area contributed by atoms with Crippen molar-refractivity contribution in [3.63, 3.8) is 0 Å². The summed E-state index contributed by atoms with van der Waals surface area (Å²) < 4.78 is 0. The molecule has 0 aromatic carbocycles. The highest BCUT2D eigenvalue weighted by Gasteiger charge is 2.16. The van der Waals surface area contributed by atoms with Crippen LogP contribution < -0.4 is 10.7 Å². The van der Waals surface area contributed by atoms with Crippen LogP contribution in [0.5, 0.6) is 0 Å². The number of pyridine rings is 1. The molecule has 0 aliphatic heterocycles. The van der Waals surface area contributed by atoms with Gasteiger partial charge in [0.2, 0.25) is 0 Å². The van der Waals surface area contributed by atoms with Crippen LogP contribution in [0.3, 0.4) is 0 Å². The van der Waals surface area contributed by atoms with Gasteiger partial charge in [0.1, 0.15) is 5.69 Å². The number of nitrogens with one attached hydrogen (secondary N) is 2. The van der Waals surface area contributed by atoms with Gasteiger partial charge < -0.3 is 15.4 Å². The van der Waals surface area contributed by atoms with Gasteiger partial charge in [0.25, 0.3) is 5.91 Å². The molecule has 1 unspecified atom stereocenters. The van der Waals surface area contributed by atoms with Gasteiger partial charge in [-0.3, -0.25) is 14.4 Å². The molecule has 0 bridgehead atoms. The maximum absolute atomic E-state index is 11.9. The summed E-state index contributed by atoms with van der Waals surface area (Å²) in [7, 11) is 0. The lowest BCUT2D eigenvalue weighted by Crippen LogP contribution is -2.37. The first-order chi connectivity index (χ1) is 8.92. The first kappa shape index (κ1) is 14.9. The minimum atomic E-state index is -0.962. The van der Waals surface area contributed by atoms with Crippen molar-refractivity contribution in [2.24, 2.45) is 0 Å². The highest BCUT2D eigenvalue weighted by Crippen LogP contribution is 2.04. The lowest BCUT2D eigenvalue weighted by molar-refractivity contribution is -0.137. The molecule has 0 aliphatic carbocycles. The lowest BCUT2D eigenvalue weighted by Gasteiger charge is -2.16. The third-order valence-electron chi connectivity index (χ3n) is 2.62. The van der Waals surface area contributed by atoms with Crippen molar-refractivity contribution < 1.29 is 14.7 Å². The Bertz CT molecular complexity index is 522. The molecule has 0 fully saturated rings. The molecular weight excluding hydrogens is 248 g/mol. The Morgan fingerprint density at radius 2 is 2.11 bits per heavy atom. The Morgan fingerprint density at radius 3 is 2.63 bits per heavy atom. The number of rotatable bonds is 6. The second kappa shape index (κ2) is 6.72. The van der Waals surface area contributed by atoms with Crippen LogP contribution in [-0.2, 0) is 4.79 Å². The van der Waals surface area contributed by atoms with E-state index in [1.807, 2.05) is 6.92 Å². The van der Waals surface area contributed by atoms with Crippen LogP contribution in [0.15, 0.2) is 16.9 Å². The monoisotopic (exact) mass is 266 g/mol. The zero-order valence-corrected chi connectivity index (χ0v) is 11.0. The maximum atomic E-state index is 11.9. The van der Waals surface area contributed by atoms with E-state index in [9.17, 15) is 14.4 Å². The second-order valence-corrected chi connectivity index (χ2v) is 4.47. The van der Waals surface area contributed by atoms with Crippen LogP contribution in [0.4, 0.5) is 0 Å². The topological polar surface area (TPSA) is 99.3 Å². The molecular formula is C13H18N2O4. The van der Waals surface area contributed by atoms with Gasteiger partial charge in [-0.05, 0) is 13.3 Å². The Labute approximate surface area is 110 Å². The van der Waals surface area contributed by atoms with Gasteiger partial charge in [-0.1, -0.05) is 13.3 Å². The van der Waals surface area contributed by atoms with Gasteiger partial charge in [-0.2, -0.15) is 0 Å². The summed E-state index contributed by atoms with van der Waals surface area (Å²) in [6.45, 7) is 3.59. The van der Waals surface area contributed by atoms with Gasteiger partial charge >= 0.3 is 5.97 Å². The molecule has 0 saturated carbocycles. The minimum Gasteiger partial charge on any atom is -0.481 e. The fourth-order valence-corrected chi connectivity index (χ4v) is 1.85. The van der Waals surface area contributed by atoms with E-state index in [1.165, 1.54) is 12.1 Å². The van der Waals surface area contributed by atoms with Gasteiger partial charge in [-0.25, -0.2) is 0 Å². The maximum Gasteiger partial charge on any atom is 0.305 e. The van der Waals surface area contributed by atoms with Gasteiger partial charge in [-0.15, -0.1) is 0 Å². The normalized spacial score (nSPS) is 11.9. The zero-order valence-electron chi connectivity index (χ0n) is 11.0. The molecule has 104 valence electrons. The zero-order chi connectivity index (χ0) is 14.4. The molecule has 0 aliphatic rings. The number of hydrogen-bond donors (Lipinski definition) is 3.